The van der Waals surface area contributed by atoms with Gasteiger partial charge in [-0.3, -0.25) is 4.79 Å². The van der Waals surface area contributed by atoms with Crippen molar-refractivity contribution in [3.05, 3.63) is 23.8 Å². The van der Waals surface area contributed by atoms with E-state index >= 15 is 0 Å². The quantitative estimate of drug-likeness (QED) is 0.758. The molecule has 102 valence electrons. The van der Waals surface area contributed by atoms with E-state index in [2.05, 4.69) is 10.6 Å². The summed E-state index contributed by atoms with van der Waals surface area (Å²) in [5.74, 6) is -0.225. The smallest absolute Gasteiger partial charge is 0.370 e. The summed E-state index contributed by atoms with van der Waals surface area (Å²) < 4.78 is 37.8. The third kappa shape index (κ3) is 1.95. The van der Waals surface area contributed by atoms with Gasteiger partial charge < -0.3 is 10.6 Å². The van der Waals surface area contributed by atoms with Gasteiger partial charge in [-0.25, -0.2) is 0 Å². The fourth-order valence-corrected chi connectivity index (χ4v) is 2.82. The van der Waals surface area contributed by atoms with E-state index in [0.29, 0.717) is 5.69 Å². The molecule has 1 aromatic rings. The summed E-state index contributed by atoms with van der Waals surface area (Å²) in [4.78, 5) is 12.1. The molecule has 1 aromatic carbocycles. The largest absolute Gasteiger partial charge is 0.416 e. The van der Waals surface area contributed by atoms with Crippen LogP contribution in [0.2, 0.25) is 0 Å². The lowest BCUT2D eigenvalue weighted by Crippen LogP contribution is -2.50. The Bertz CT molecular complexity index is 533. The second-order valence-electron chi connectivity index (χ2n) is 5.13. The minimum Gasteiger partial charge on any atom is -0.370 e. The average molecular weight is 270 g/mol. The number of carbonyl (C=O) groups excluding carboxylic acids is 1. The Morgan fingerprint density at radius 3 is 2.42 bits per heavy atom. The topological polar surface area (TPSA) is 41.1 Å². The molecule has 6 heteroatoms. The number of anilines is 2. The number of amides is 1. The van der Waals surface area contributed by atoms with E-state index in [1.54, 1.807) is 0 Å². The highest BCUT2D eigenvalue weighted by Gasteiger charge is 2.44. The number of hydrogen-bond donors (Lipinski definition) is 2. The molecule has 1 spiro atoms. The van der Waals surface area contributed by atoms with E-state index < -0.39 is 17.3 Å². The number of rotatable bonds is 0. The van der Waals surface area contributed by atoms with Gasteiger partial charge in [0.05, 0.1) is 16.9 Å². The molecule has 0 unspecified atom stereocenters. The summed E-state index contributed by atoms with van der Waals surface area (Å²) in [6.45, 7) is 0. The van der Waals surface area contributed by atoms with Crippen LogP contribution in [0.3, 0.4) is 0 Å². The summed E-state index contributed by atoms with van der Waals surface area (Å²) in [7, 11) is 0. The van der Waals surface area contributed by atoms with Gasteiger partial charge in [0.15, 0.2) is 0 Å². The Labute approximate surface area is 108 Å². The van der Waals surface area contributed by atoms with Crippen LogP contribution in [0.1, 0.15) is 31.2 Å². The highest BCUT2D eigenvalue weighted by Crippen LogP contribution is 2.42. The zero-order valence-corrected chi connectivity index (χ0v) is 10.1. The van der Waals surface area contributed by atoms with Gasteiger partial charge in [-0.15, -0.1) is 0 Å². The number of hydrogen-bond acceptors (Lipinski definition) is 2. The summed E-state index contributed by atoms with van der Waals surface area (Å²) in [6.07, 6.45) is -1.05. The summed E-state index contributed by atoms with van der Waals surface area (Å²) >= 11 is 0. The average Bonchev–Trinajstić information content (AvgIpc) is 2.78. The van der Waals surface area contributed by atoms with Crippen molar-refractivity contribution in [3.8, 4) is 0 Å². The lowest BCUT2D eigenvalue weighted by Gasteiger charge is -2.35. The number of nitrogens with one attached hydrogen (secondary N) is 2. The van der Waals surface area contributed by atoms with Crippen molar-refractivity contribution < 1.29 is 18.0 Å². The highest BCUT2D eigenvalue weighted by molar-refractivity contribution is 6.06. The van der Waals surface area contributed by atoms with Crippen LogP contribution in [0, 0.1) is 0 Å². The molecule has 2 aliphatic rings. The minimum atomic E-state index is -4.40. The first-order chi connectivity index (χ1) is 8.91. The predicted octanol–water partition coefficient (Wildman–Crippen LogP) is 3.38. The van der Waals surface area contributed by atoms with Crippen LogP contribution in [0.15, 0.2) is 18.2 Å². The minimum absolute atomic E-state index is 0.206. The highest BCUT2D eigenvalue weighted by atomic mass is 19.4. The zero-order valence-electron chi connectivity index (χ0n) is 10.1. The van der Waals surface area contributed by atoms with Crippen LogP contribution in [0.25, 0.3) is 0 Å². The molecule has 1 heterocycles. The second kappa shape index (κ2) is 3.88. The van der Waals surface area contributed by atoms with Crippen LogP contribution in [0.5, 0.6) is 0 Å². The van der Waals surface area contributed by atoms with Gasteiger partial charge in [-0.05, 0) is 31.0 Å². The second-order valence-corrected chi connectivity index (χ2v) is 5.13. The van der Waals surface area contributed by atoms with Crippen molar-refractivity contribution in [1.82, 2.24) is 0 Å². The Kier molecular flexibility index (Phi) is 2.52. The zero-order chi connectivity index (χ0) is 13.7. The van der Waals surface area contributed by atoms with Crippen molar-refractivity contribution in [2.75, 3.05) is 10.6 Å². The normalized spacial score (nSPS) is 20.9. The maximum absolute atomic E-state index is 12.6. The van der Waals surface area contributed by atoms with Gasteiger partial charge in [0.25, 0.3) is 0 Å². The summed E-state index contributed by atoms with van der Waals surface area (Å²) in [6, 6.07) is 3.39. The lowest BCUT2D eigenvalue weighted by atomic mass is 9.92. The fraction of sp³-hybridized carbons (Fsp3) is 0.462. The van der Waals surface area contributed by atoms with E-state index in [-0.39, 0.29) is 11.6 Å². The third-order valence-corrected chi connectivity index (χ3v) is 3.86. The number of benzene rings is 1. The molecular weight excluding hydrogens is 257 g/mol. The van der Waals surface area contributed by atoms with Gasteiger partial charge in [0.2, 0.25) is 5.91 Å². The van der Waals surface area contributed by atoms with Gasteiger partial charge in [0.1, 0.15) is 5.54 Å². The fourth-order valence-electron chi connectivity index (χ4n) is 2.82. The van der Waals surface area contributed by atoms with Crippen molar-refractivity contribution in [2.24, 2.45) is 0 Å². The molecule has 3 rings (SSSR count). The molecule has 0 atom stereocenters. The van der Waals surface area contributed by atoms with Crippen LogP contribution in [0.4, 0.5) is 24.5 Å². The summed E-state index contributed by atoms with van der Waals surface area (Å²) in [5.41, 5.74) is -0.616. The van der Waals surface area contributed by atoms with Crippen LogP contribution < -0.4 is 10.6 Å². The molecule has 0 saturated heterocycles. The first kappa shape index (κ1) is 12.3. The molecule has 0 radical (unpaired) electrons. The van der Waals surface area contributed by atoms with Gasteiger partial charge in [-0.2, -0.15) is 13.2 Å². The van der Waals surface area contributed by atoms with Crippen molar-refractivity contribution >= 4 is 17.3 Å². The Balaban J connectivity index is 1.97. The van der Waals surface area contributed by atoms with Crippen molar-refractivity contribution in [3.63, 3.8) is 0 Å². The van der Waals surface area contributed by atoms with Gasteiger partial charge in [-0.1, -0.05) is 12.8 Å². The lowest BCUT2D eigenvalue weighted by molar-refractivity contribution is -0.137. The molecule has 0 bridgehead atoms. The number of carbonyl (C=O) groups is 1. The molecular formula is C13H13F3N2O. The maximum atomic E-state index is 12.6. The molecule has 0 aromatic heterocycles. The van der Waals surface area contributed by atoms with Crippen molar-refractivity contribution in [2.45, 2.75) is 37.4 Å². The van der Waals surface area contributed by atoms with Crippen LogP contribution >= 0.6 is 0 Å². The first-order valence-corrected chi connectivity index (χ1v) is 6.22. The Morgan fingerprint density at radius 2 is 1.79 bits per heavy atom. The van der Waals surface area contributed by atoms with Crippen LogP contribution in [-0.2, 0) is 11.0 Å². The monoisotopic (exact) mass is 270 g/mol. The Hall–Kier alpha value is -1.72. The molecule has 3 nitrogen and oxygen atoms in total. The number of fused-ring (bicyclic) bond motifs is 1. The van der Waals surface area contributed by atoms with E-state index in [9.17, 15) is 18.0 Å². The number of alkyl halides is 3. The van der Waals surface area contributed by atoms with E-state index in [1.165, 1.54) is 6.07 Å². The summed E-state index contributed by atoms with van der Waals surface area (Å²) in [5, 5.41) is 5.73. The number of halogens is 3. The predicted molar refractivity (Wildman–Crippen MR) is 64.9 cm³/mol. The maximum Gasteiger partial charge on any atom is 0.416 e. The molecule has 1 fully saturated rings. The third-order valence-electron chi connectivity index (χ3n) is 3.86. The molecule has 1 saturated carbocycles. The molecule has 1 aliphatic carbocycles. The van der Waals surface area contributed by atoms with E-state index in [0.717, 1.165) is 37.8 Å². The Morgan fingerprint density at radius 1 is 1.11 bits per heavy atom. The van der Waals surface area contributed by atoms with E-state index in [4.69, 9.17) is 0 Å². The first-order valence-electron chi connectivity index (χ1n) is 6.22. The molecule has 1 aliphatic heterocycles. The SMILES string of the molecule is O=C1Nc2cc(C(F)(F)F)ccc2NC12CCCC2. The molecule has 19 heavy (non-hydrogen) atoms. The van der Waals surface area contributed by atoms with Crippen LogP contribution in [-0.4, -0.2) is 11.4 Å². The van der Waals surface area contributed by atoms with Gasteiger partial charge >= 0.3 is 6.18 Å². The van der Waals surface area contributed by atoms with Gasteiger partial charge in [0, 0.05) is 0 Å². The molecule has 2 N–H and O–H groups in total. The van der Waals surface area contributed by atoms with E-state index in [1.807, 2.05) is 0 Å². The van der Waals surface area contributed by atoms with Crippen molar-refractivity contribution in [1.29, 1.82) is 0 Å². The molecule has 1 amide bonds. The standard InChI is InChI=1S/C13H13F3N2O/c14-13(15,16)8-3-4-9-10(7-8)17-11(19)12(18-9)5-1-2-6-12/h3-4,7,18H,1-2,5-6H2,(H,17,19).